The Morgan fingerprint density at radius 1 is 1.15 bits per heavy atom. The number of morpholine rings is 1. The fourth-order valence-corrected chi connectivity index (χ4v) is 4.06. The number of benzene rings is 1. The molecule has 0 spiro atoms. The first-order chi connectivity index (χ1) is 13.2. The molecule has 3 rings (SSSR count). The maximum absolute atomic E-state index is 5.55. The molecule has 1 aromatic carbocycles. The lowest BCUT2D eigenvalue weighted by Gasteiger charge is -2.29. The Bertz CT molecular complexity index is 568. The fraction of sp³-hybridized carbons (Fsp3) is 0.667. The maximum atomic E-state index is 5.55. The smallest absolute Gasteiger partial charge is 0.168 e. The van der Waals surface area contributed by atoms with Crippen LogP contribution in [0.3, 0.4) is 0 Å². The number of hydrogen-bond donors (Lipinski definition) is 2. The second-order valence-electron chi connectivity index (χ2n) is 7.77. The molecule has 5 nitrogen and oxygen atoms in total. The van der Waals surface area contributed by atoms with Crippen molar-refractivity contribution in [2.75, 3.05) is 64.4 Å². The molecule has 150 valence electrons. The molecular formula is C21H35N4OS+. The molecule has 0 atom stereocenters. The van der Waals surface area contributed by atoms with Gasteiger partial charge in [0.1, 0.15) is 13.1 Å². The van der Waals surface area contributed by atoms with Crippen molar-refractivity contribution < 1.29 is 9.64 Å². The largest absolute Gasteiger partial charge is 0.372 e. The molecule has 0 aliphatic carbocycles. The second kappa shape index (κ2) is 10.8. The van der Waals surface area contributed by atoms with E-state index in [0.717, 1.165) is 50.9 Å². The van der Waals surface area contributed by atoms with E-state index >= 15 is 0 Å². The SMILES string of the molecule is CN(Cc1ccc(N2CCCCC2)cc1)C(=S)NCCC[NH+]1CCOCC1. The molecule has 2 heterocycles. The first-order valence-corrected chi connectivity index (χ1v) is 10.9. The van der Waals surface area contributed by atoms with Gasteiger partial charge >= 0.3 is 0 Å². The van der Waals surface area contributed by atoms with Gasteiger partial charge in [0.25, 0.3) is 0 Å². The highest BCUT2D eigenvalue weighted by Gasteiger charge is 2.13. The number of hydrogen-bond acceptors (Lipinski definition) is 3. The van der Waals surface area contributed by atoms with Crippen LogP contribution in [0.2, 0.25) is 0 Å². The van der Waals surface area contributed by atoms with Gasteiger partial charge in [-0.2, -0.15) is 0 Å². The quantitative estimate of drug-likeness (QED) is 0.541. The predicted octanol–water partition coefficient (Wildman–Crippen LogP) is 1.29. The Morgan fingerprint density at radius 2 is 1.85 bits per heavy atom. The average Bonchev–Trinajstić information content (AvgIpc) is 2.73. The van der Waals surface area contributed by atoms with Crippen molar-refractivity contribution in [2.45, 2.75) is 32.2 Å². The minimum absolute atomic E-state index is 0.840. The molecule has 0 radical (unpaired) electrons. The summed E-state index contributed by atoms with van der Waals surface area (Å²) in [5.74, 6) is 0. The zero-order valence-electron chi connectivity index (χ0n) is 16.7. The Balaban J connectivity index is 1.35. The standard InChI is InChI=1S/C21H34N4OS/c1-23(21(27)22-10-5-11-24-14-16-26-17-15-24)18-19-6-8-20(9-7-19)25-12-3-2-4-13-25/h6-9H,2-5,10-18H2,1H3,(H,22,27)/p+1. The summed E-state index contributed by atoms with van der Waals surface area (Å²) in [5, 5.41) is 4.25. The van der Waals surface area contributed by atoms with Crippen LogP contribution in [0.5, 0.6) is 0 Å². The highest BCUT2D eigenvalue weighted by atomic mass is 32.1. The van der Waals surface area contributed by atoms with Gasteiger partial charge in [-0.05, 0) is 49.2 Å². The van der Waals surface area contributed by atoms with Crippen LogP contribution in [0.25, 0.3) is 0 Å². The van der Waals surface area contributed by atoms with Crippen LogP contribution in [0.1, 0.15) is 31.2 Å². The fourth-order valence-electron chi connectivity index (χ4n) is 3.89. The third kappa shape index (κ3) is 6.63. The third-order valence-corrected chi connectivity index (χ3v) is 6.06. The third-order valence-electron chi connectivity index (χ3n) is 5.61. The summed E-state index contributed by atoms with van der Waals surface area (Å²) in [6.45, 7) is 9.46. The number of thiocarbonyl (C=S) groups is 1. The van der Waals surface area contributed by atoms with Crippen LogP contribution < -0.4 is 15.1 Å². The van der Waals surface area contributed by atoms with E-state index in [1.165, 1.54) is 50.1 Å². The molecule has 2 fully saturated rings. The van der Waals surface area contributed by atoms with E-state index < -0.39 is 0 Å². The summed E-state index contributed by atoms with van der Waals surface area (Å²) in [6.07, 6.45) is 5.15. The predicted molar refractivity (Wildman–Crippen MR) is 116 cm³/mol. The van der Waals surface area contributed by atoms with Crippen LogP contribution in [-0.4, -0.2) is 69.5 Å². The summed E-state index contributed by atoms with van der Waals surface area (Å²) in [6, 6.07) is 9.00. The minimum Gasteiger partial charge on any atom is -0.372 e. The highest BCUT2D eigenvalue weighted by molar-refractivity contribution is 7.80. The maximum Gasteiger partial charge on any atom is 0.168 e. The molecule has 2 N–H and O–H groups in total. The van der Waals surface area contributed by atoms with E-state index in [1.807, 2.05) is 0 Å². The number of nitrogens with one attached hydrogen (secondary N) is 2. The van der Waals surface area contributed by atoms with Crippen molar-refractivity contribution in [1.29, 1.82) is 0 Å². The van der Waals surface area contributed by atoms with Gasteiger partial charge in [0.2, 0.25) is 0 Å². The van der Waals surface area contributed by atoms with Crippen LogP contribution >= 0.6 is 12.2 Å². The first kappa shape index (κ1) is 20.4. The Kier molecular flexibility index (Phi) is 8.17. The highest BCUT2D eigenvalue weighted by Crippen LogP contribution is 2.20. The van der Waals surface area contributed by atoms with Crippen molar-refractivity contribution in [2.24, 2.45) is 0 Å². The van der Waals surface area contributed by atoms with E-state index in [1.54, 1.807) is 4.90 Å². The molecule has 0 unspecified atom stereocenters. The Hall–Kier alpha value is -1.37. The van der Waals surface area contributed by atoms with Gasteiger partial charge in [-0.15, -0.1) is 0 Å². The summed E-state index contributed by atoms with van der Waals surface area (Å²) in [7, 11) is 2.07. The Morgan fingerprint density at radius 3 is 2.56 bits per heavy atom. The van der Waals surface area contributed by atoms with E-state index in [-0.39, 0.29) is 0 Å². The molecule has 0 aromatic heterocycles. The zero-order chi connectivity index (χ0) is 18.9. The molecule has 0 saturated carbocycles. The molecule has 1 aromatic rings. The lowest BCUT2D eigenvalue weighted by atomic mass is 10.1. The number of nitrogens with zero attached hydrogens (tertiary/aromatic N) is 2. The van der Waals surface area contributed by atoms with Gasteiger partial charge in [0, 0.05) is 45.3 Å². The molecule has 2 aliphatic rings. The summed E-state index contributed by atoms with van der Waals surface area (Å²) < 4.78 is 5.41. The topological polar surface area (TPSA) is 32.2 Å². The Labute approximate surface area is 169 Å². The van der Waals surface area contributed by atoms with Gasteiger partial charge in [0.15, 0.2) is 5.11 Å². The van der Waals surface area contributed by atoms with E-state index in [4.69, 9.17) is 17.0 Å². The van der Waals surface area contributed by atoms with Gasteiger partial charge < -0.3 is 24.8 Å². The van der Waals surface area contributed by atoms with E-state index in [2.05, 4.69) is 46.4 Å². The van der Waals surface area contributed by atoms with Crippen molar-refractivity contribution >= 4 is 23.0 Å². The molecule has 27 heavy (non-hydrogen) atoms. The van der Waals surface area contributed by atoms with E-state index in [9.17, 15) is 0 Å². The number of piperidine rings is 1. The van der Waals surface area contributed by atoms with Gasteiger partial charge in [-0.25, -0.2) is 0 Å². The van der Waals surface area contributed by atoms with Crippen LogP contribution in [0, 0.1) is 0 Å². The number of ether oxygens (including phenoxy) is 1. The number of quaternary nitrogens is 1. The molecule has 6 heteroatoms. The molecule has 2 saturated heterocycles. The number of rotatable bonds is 7. The lowest BCUT2D eigenvalue weighted by Crippen LogP contribution is -3.14. The molecule has 0 bridgehead atoms. The molecule has 0 amide bonds. The zero-order valence-corrected chi connectivity index (χ0v) is 17.5. The summed E-state index contributed by atoms with van der Waals surface area (Å²) >= 11 is 5.55. The van der Waals surface area contributed by atoms with Gasteiger partial charge in [-0.3, -0.25) is 0 Å². The minimum atomic E-state index is 0.840. The van der Waals surface area contributed by atoms with Crippen molar-refractivity contribution in [3.8, 4) is 0 Å². The lowest BCUT2D eigenvalue weighted by molar-refractivity contribution is -0.908. The van der Waals surface area contributed by atoms with Crippen molar-refractivity contribution in [3.05, 3.63) is 29.8 Å². The van der Waals surface area contributed by atoms with Crippen molar-refractivity contribution in [1.82, 2.24) is 10.2 Å². The van der Waals surface area contributed by atoms with Crippen LogP contribution in [-0.2, 0) is 11.3 Å². The monoisotopic (exact) mass is 391 g/mol. The van der Waals surface area contributed by atoms with Gasteiger partial charge in [0.05, 0.1) is 19.8 Å². The molecule has 2 aliphatic heterocycles. The van der Waals surface area contributed by atoms with Crippen LogP contribution in [0.15, 0.2) is 24.3 Å². The van der Waals surface area contributed by atoms with Crippen molar-refractivity contribution in [3.63, 3.8) is 0 Å². The summed E-state index contributed by atoms with van der Waals surface area (Å²) in [5.41, 5.74) is 2.66. The summed E-state index contributed by atoms with van der Waals surface area (Å²) in [4.78, 5) is 6.28. The van der Waals surface area contributed by atoms with Gasteiger partial charge in [-0.1, -0.05) is 12.1 Å². The first-order valence-electron chi connectivity index (χ1n) is 10.5. The second-order valence-corrected chi connectivity index (χ2v) is 8.15. The average molecular weight is 392 g/mol. The normalized spacial score (nSPS) is 18.3. The number of anilines is 1. The van der Waals surface area contributed by atoms with E-state index in [0.29, 0.717) is 0 Å². The molecular weight excluding hydrogens is 356 g/mol. The van der Waals surface area contributed by atoms with Crippen LogP contribution in [0.4, 0.5) is 5.69 Å².